The number of benzene rings is 1. The van der Waals surface area contributed by atoms with Crippen LogP contribution >= 0.6 is 23.2 Å². The molecule has 3 rings (SSSR count). The van der Waals surface area contributed by atoms with Crippen LogP contribution < -0.4 is 0 Å². The van der Waals surface area contributed by atoms with Gasteiger partial charge in [-0.3, -0.25) is 9.59 Å². The molecule has 1 aromatic carbocycles. The SMILES string of the molecule is O=C(O)[C@@H]1CC[C@H](C(=O)N(Cc2ccc(Cl)c(Cl)c2)C2CC2)C1. The fourth-order valence-electron chi connectivity index (χ4n) is 3.27. The number of carboxylic acids is 1. The molecule has 0 spiro atoms. The van der Waals surface area contributed by atoms with Crippen LogP contribution in [0.1, 0.15) is 37.7 Å². The lowest BCUT2D eigenvalue weighted by Gasteiger charge is -2.26. The van der Waals surface area contributed by atoms with Crippen LogP contribution in [0.4, 0.5) is 0 Å². The zero-order valence-electron chi connectivity index (χ0n) is 12.7. The third-order valence-electron chi connectivity index (χ3n) is 4.74. The van der Waals surface area contributed by atoms with Crippen molar-refractivity contribution < 1.29 is 14.7 Å². The van der Waals surface area contributed by atoms with E-state index in [1.54, 1.807) is 12.1 Å². The average molecular weight is 356 g/mol. The second kappa shape index (κ2) is 6.70. The summed E-state index contributed by atoms with van der Waals surface area (Å²) in [5.41, 5.74) is 0.951. The number of halogens is 2. The number of aliphatic carboxylic acids is 1. The van der Waals surface area contributed by atoms with Crippen molar-refractivity contribution in [2.75, 3.05) is 0 Å². The van der Waals surface area contributed by atoms with Crippen molar-refractivity contribution in [2.24, 2.45) is 11.8 Å². The second-order valence-corrected chi connectivity index (χ2v) is 7.31. The molecule has 2 aliphatic carbocycles. The van der Waals surface area contributed by atoms with Gasteiger partial charge in [0.2, 0.25) is 5.91 Å². The van der Waals surface area contributed by atoms with Crippen molar-refractivity contribution in [1.29, 1.82) is 0 Å². The van der Waals surface area contributed by atoms with Crippen LogP contribution in [0.3, 0.4) is 0 Å². The van der Waals surface area contributed by atoms with E-state index in [1.165, 1.54) is 0 Å². The molecule has 0 saturated heterocycles. The van der Waals surface area contributed by atoms with E-state index in [4.69, 9.17) is 28.3 Å². The van der Waals surface area contributed by atoms with E-state index in [0.717, 1.165) is 18.4 Å². The summed E-state index contributed by atoms with van der Waals surface area (Å²) in [6, 6.07) is 5.69. The van der Waals surface area contributed by atoms with Gasteiger partial charge in [0.05, 0.1) is 16.0 Å². The summed E-state index contributed by atoms with van der Waals surface area (Å²) in [6.07, 6.45) is 3.75. The maximum atomic E-state index is 12.8. The van der Waals surface area contributed by atoms with E-state index in [0.29, 0.717) is 35.9 Å². The summed E-state index contributed by atoms with van der Waals surface area (Å²) in [4.78, 5) is 25.8. The molecule has 0 bridgehead atoms. The molecule has 2 fully saturated rings. The van der Waals surface area contributed by atoms with Crippen molar-refractivity contribution in [3.63, 3.8) is 0 Å². The van der Waals surface area contributed by atoms with Gasteiger partial charge in [0.15, 0.2) is 0 Å². The Bertz CT molecular complexity index is 630. The fourth-order valence-corrected chi connectivity index (χ4v) is 3.59. The summed E-state index contributed by atoms with van der Waals surface area (Å²) < 4.78 is 0. The highest BCUT2D eigenvalue weighted by Gasteiger charge is 2.40. The molecule has 124 valence electrons. The standard InChI is InChI=1S/C17H19Cl2NO3/c18-14-6-1-10(7-15(14)19)9-20(13-4-5-13)16(21)11-2-3-12(8-11)17(22)23/h1,6-7,11-13H,2-5,8-9H2,(H,22,23)/t11-,12+/m0/s1. The first kappa shape index (κ1) is 16.6. The molecular formula is C17H19Cl2NO3. The van der Waals surface area contributed by atoms with Crippen molar-refractivity contribution in [3.8, 4) is 0 Å². The molecule has 0 radical (unpaired) electrons. The molecule has 0 aromatic heterocycles. The number of carboxylic acid groups (broad SMARTS) is 1. The summed E-state index contributed by atoms with van der Waals surface area (Å²) in [7, 11) is 0. The minimum atomic E-state index is -0.789. The van der Waals surface area contributed by atoms with Gasteiger partial charge in [-0.25, -0.2) is 0 Å². The van der Waals surface area contributed by atoms with Gasteiger partial charge in [-0.15, -0.1) is 0 Å². The van der Waals surface area contributed by atoms with Gasteiger partial charge in [0, 0.05) is 18.5 Å². The molecule has 1 aromatic rings. The molecule has 2 saturated carbocycles. The highest BCUT2D eigenvalue weighted by Crippen LogP contribution is 2.37. The minimum absolute atomic E-state index is 0.0855. The average Bonchev–Trinajstić information content (AvgIpc) is 3.22. The Labute approximate surface area is 145 Å². The van der Waals surface area contributed by atoms with Gasteiger partial charge in [-0.05, 0) is 49.8 Å². The smallest absolute Gasteiger partial charge is 0.306 e. The number of rotatable bonds is 5. The van der Waals surface area contributed by atoms with Gasteiger partial charge in [-0.1, -0.05) is 29.3 Å². The Morgan fingerprint density at radius 1 is 1.09 bits per heavy atom. The summed E-state index contributed by atoms with van der Waals surface area (Å²) in [5.74, 6) is -1.25. The monoisotopic (exact) mass is 355 g/mol. The number of amides is 1. The first-order valence-corrected chi connectivity index (χ1v) is 8.68. The van der Waals surface area contributed by atoms with Crippen molar-refractivity contribution in [1.82, 2.24) is 4.90 Å². The fraction of sp³-hybridized carbons (Fsp3) is 0.529. The Hall–Kier alpha value is -1.26. The first-order valence-electron chi connectivity index (χ1n) is 7.93. The van der Waals surface area contributed by atoms with Gasteiger partial charge in [0.1, 0.15) is 0 Å². The number of hydrogen-bond acceptors (Lipinski definition) is 2. The van der Waals surface area contributed by atoms with Crippen LogP contribution in [0, 0.1) is 11.8 Å². The Balaban J connectivity index is 1.70. The third kappa shape index (κ3) is 3.81. The van der Waals surface area contributed by atoms with Gasteiger partial charge < -0.3 is 10.0 Å². The Kier molecular flexibility index (Phi) is 4.83. The van der Waals surface area contributed by atoms with E-state index in [2.05, 4.69) is 0 Å². The number of nitrogens with zero attached hydrogens (tertiary/aromatic N) is 1. The molecule has 0 unspecified atom stereocenters. The molecule has 6 heteroatoms. The molecule has 0 heterocycles. The lowest BCUT2D eigenvalue weighted by molar-refractivity contribution is -0.141. The minimum Gasteiger partial charge on any atom is -0.481 e. The van der Waals surface area contributed by atoms with E-state index in [1.807, 2.05) is 11.0 Å². The Morgan fingerprint density at radius 2 is 1.78 bits per heavy atom. The van der Waals surface area contributed by atoms with E-state index in [-0.39, 0.29) is 23.8 Å². The zero-order chi connectivity index (χ0) is 16.6. The number of hydrogen-bond donors (Lipinski definition) is 1. The topological polar surface area (TPSA) is 57.6 Å². The lowest BCUT2D eigenvalue weighted by atomic mass is 10.0. The maximum absolute atomic E-state index is 12.8. The van der Waals surface area contributed by atoms with E-state index in [9.17, 15) is 9.59 Å². The van der Waals surface area contributed by atoms with Crippen molar-refractivity contribution in [2.45, 2.75) is 44.7 Å². The van der Waals surface area contributed by atoms with Gasteiger partial charge in [0.25, 0.3) is 0 Å². The first-order chi connectivity index (χ1) is 11.0. The third-order valence-corrected chi connectivity index (χ3v) is 5.48. The molecule has 1 N–H and O–H groups in total. The highest BCUT2D eigenvalue weighted by atomic mass is 35.5. The molecule has 23 heavy (non-hydrogen) atoms. The van der Waals surface area contributed by atoms with Crippen molar-refractivity contribution >= 4 is 35.1 Å². The van der Waals surface area contributed by atoms with Crippen LogP contribution in [-0.2, 0) is 16.1 Å². The van der Waals surface area contributed by atoms with Crippen molar-refractivity contribution in [3.05, 3.63) is 33.8 Å². The molecule has 1 amide bonds. The number of carbonyl (C=O) groups is 2. The second-order valence-electron chi connectivity index (χ2n) is 6.49. The van der Waals surface area contributed by atoms with Crippen LogP contribution in [0.5, 0.6) is 0 Å². The largest absolute Gasteiger partial charge is 0.481 e. The van der Waals surface area contributed by atoms with Gasteiger partial charge >= 0.3 is 5.97 Å². The predicted octanol–water partition coefficient (Wildman–Crippen LogP) is 3.99. The van der Waals surface area contributed by atoms with Crippen LogP contribution in [0.2, 0.25) is 10.0 Å². The summed E-state index contributed by atoms with van der Waals surface area (Å²) >= 11 is 12.0. The predicted molar refractivity (Wildman–Crippen MR) is 88.5 cm³/mol. The van der Waals surface area contributed by atoms with Crippen LogP contribution in [0.25, 0.3) is 0 Å². The normalized spacial score (nSPS) is 23.7. The quantitative estimate of drug-likeness (QED) is 0.868. The molecule has 0 aliphatic heterocycles. The highest BCUT2D eigenvalue weighted by molar-refractivity contribution is 6.42. The number of carbonyl (C=O) groups excluding carboxylic acids is 1. The molecular weight excluding hydrogens is 337 g/mol. The maximum Gasteiger partial charge on any atom is 0.306 e. The zero-order valence-corrected chi connectivity index (χ0v) is 14.2. The van der Waals surface area contributed by atoms with Crippen LogP contribution in [-0.4, -0.2) is 27.9 Å². The summed E-state index contributed by atoms with van der Waals surface area (Å²) in [5, 5.41) is 10.1. The van der Waals surface area contributed by atoms with Gasteiger partial charge in [-0.2, -0.15) is 0 Å². The Morgan fingerprint density at radius 3 is 2.35 bits per heavy atom. The molecule has 4 nitrogen and oxygen atoms in total. The summed E-state index contributed by atoms with van der Waals surface area (Å²) in [6.45, 7) is 0.509. The molecule has 2 atom stereocenters. The lowest BCUT2D eigenvalue weighted by Crippen LogP contribution is -2.36. The van der Waals surface area contributed by atoms with E-state index >= 15 is 0 Å². The van der Waals surface area contributed by atoms with E-state index < -0.39 is 5.97 Å². The van der Waals surface area contributed by atoms with Crippen LogP contribution in [0.15, 0.2) is 18.2 Å². The molecule has 2 aliphatic rings.